The highest BCUT2D eigenvalue weighted by Crippen LogP contribution is 2.14. The first-order valence-electron chi connectivity index (χ1n) is 8.49. The molecule has 124 valence electrons. The van der Waals surface area contributed by atoms with Crippen molar-refractivity contribution in [2.45, 2.75) is 45.4 Å². The van der Waals surface area contributed by atoms with E-state index in [9.17, 15) is 5.11 Å². The first-order chi connectivity index (χ1) is 10.8. The first-order valence-corrected chi connectivity index (χ1v) is 8.49. The number of guanidine groups is 1. The van der Waals surface area contributed by atoms with Crippen LogP contribution in [0.4, 0.5) is 0 Å². The molecular weight excluding hydrogens is 274 g/mol. The highest BCUT2D eigenvalue weighted by Gasteiger charge is 2.09. The number of unbranched alkanes of at least 4 members (excludes halogenated alkanes) is 3. The van der Waals surface area contributed by atoms with Gasteiger partial charge in [0.25, 0.3) is 0 Å². The van der Waals surface area contributed by atoms with Gasteiger partial charge in [-0.2, -0.15) is 0 Å². The second-order valence-corrected chi connectivity index (χ2v) is 5.50. The van der Waals surface area contributed by atoms with Crippen LogP contribution in [0.3, 0.4) is 0 Å². The number of hydrogen-bond acceptors (Lipinski definition) is 2. The molecule has 0 saturated heterocycles. The minimum absolute atomic E-state index is 0.0525. The molecule has 0 radical (unpaired) electrons. The van der Waals surface area contributed by atoms with Crippen LogP contribution in [0, 0.1) is 0 Å². The number of nitrogens with zero attached hydrogens (tertiary/aromatic N) is 1. The van der Waals surface area contributed by atoms with Gasteiger partial charge < -0.3 is 15.7 Å². The lowest BCUT2D eigenvalue weighted by atomic mass is 10.0. The lowest BCUT2D eigenvalue weighted by molar-refractivity contribution is 0.268. The molecule has 0 fully saturated rings. The molecule has 0 spiro atoms. The Morgan fingerprint density at radius 1 is 1.09 bits per heavy atom. The van der Waals surface area contributed by atoms with Crippen LogP contribution in [0.25, 0.3) is 0 Å². The highest BCUT2D eigenvalue weighted by atomic mass is 16.3. The van der Waals surface area contributed by atoms with Crippen molar-refractivity contribution in [2.75, 3.05) is 26.2 Å². The Morgan fingerprint density at radius 2 is 1.86 bits per heavy atom. The average molecular weight is 305 g/mol. The third-order valence-corrected chi connectivity index (χ3v) is 3.63. The minimum Gasteiger partial charge on any atom is -0.396 e. The largest absolute Gasteiger partial charge is 0.396 e. The Balaban J connectivity index is 2.49. The molecule has 0 heterocycles. The SMILES string of the molecule is CCCCCCNC(=NCC(CO)c1ccccc1)NCC. The lowest BCUT2D eigenvalue weighted by Crippen LogP contribution is -2.38. The van der Waals surface area contributed by atoms with Crippen molar-refractivity contribution in [1.82, 2.24) is 10.6 Å². The topological polar surface area (TPSA) is 56.7 Å². The molecule has 0 amide bonds. The van der Waals surface area contributed by atoms with E-state index >= 15 is 0 Å². The standard InChI is InChI=1S/C18H31N3O/c1-3-5-6-10-13-20-18(19-4-2)21-14-17(15-22)16-11-8-7-9-12-16/h7-9,11-12,17,22H,3-6,10,13-15H2,1-2H3,(H2,19,20,21). The van der Waals surface area contributed by atoms with Crippen molar-refractivity contribution >= 4 is 5.96 Å². The number of aliphatic hydroxyl groups excluding tert-OH is 1. The molecular formula is C18H31N3O. The molecule has 4 nitrogen and oxygen atoms in total. The Hall–Kier alpha value is -1.55. The Kier molecular flexibility index (Phi) is 10.1. The summed E-state index contributed by atoms with van der Waals surface area (Å²) in [5.41, 5.74) is 1.13. The summed E-state index contributed by atoms with van der Waals surface area (Å²) >= 11 is 0. The number of benzene rings is 1. The van der Waals surface area contributed by atoms with Gasteiger partial charge in [-0.3, -0.25) is 4.99 Å². The van der Waals surface area contributed by atoms with Gasteiger partial charge in [0.2, 0.25) is 0 Å². The van der Waals surface area contributed by atoms with Crippen LogP contribution < -0.4 is 10.6 Å². The number of rotatable bonds is 10. The molecule has 1 rings (SSSR count). The van der Waals surface area contributed by atoms with Crippen molar-refractivity contribution in [2.24, 2.45) is 4.99 Å². The van der Waals surface area contributed by atoms with Gasteiger partial charge in [-0.05, 0) is 18.9 Å². The number of aliphatic imine (C=N–C) groups is 1. The third kappa shape index (κ3) is 7.46. The summed E-state index contributed by atoms with van der Waals surface area (Å²) in [5, 5.41) is 16.2. The maximum atomic E-state index is 9.59. The van der Waals surface area contributed by atoms with Gasteiger partial charge in [0.05, 0.1) is 13.2 Å². The number of aliphatic hydroxyl groups is 1. The van der Waals surface area contributed by atoms with E-state index in [1.165, 1.54) is 25.7 Å². The molecule has 1 aromatic carbocycles. The van der Waals surface area contributed by atoms with Crippen molar-refractivity contribution in [3.63, 3.8) is 0 Å². The fourth-order valence-corrected chi connectivity index (χ4v) is 2.30. The van der Waals surface area contributed by atoms with E-state index in [2.05, 4.69) is 29.5 Å². The fourth-order valence-electron chi connectivity index (χ4n) is 2.30. The second kappa shape index (κ2) is 12.0. The van der Waals surface area contributed by atoms with Crippen LogP contribution in [0.2, 0.25) is 0 Å². The highest BCUT2D eigenvalue weighted by molar-refractivity contribution is 5.79. The lowest BCUT2D eigenvalue weighted by Gasteiger charge is -2.15. The van der Waals surface area contributed by atoms with Crippen LogP contribution >= 0.6 is 0 Å². The Labute approximate surface area is 135 Å². The predicted molar refractivity (Wildman–Crippen MR) is 94.4 cm³/mol. The smallest absolute Gasteiger partial charge is 0.191 e. The van der Waals surface area contributed by atoms with E-state index in [4.69, 9.17) is 0 Å². The van der Waals surface area contributed by atoms with E-state index in [1.54, 1.807) is 0 Å². The molecule has 3 N–H and O–H groups in total. The summed E-state index contributed by atoms with van der Waals surface area (Å²) in [6.45, 7) is 6.78. The van der Waals surface area contributed by atoms with Gasteiger partial charge in [-0.25, -0.2) is 0 Å². The quantitative estimate of drug-likeness (QED) is 0.354. The van der Waals surface area contributed by atoms with E-state index in [0.717, 1.165) is 24.6 Å². The van der Waals surface area contributed by atoms with Gasteiger partial charge in [0, 0.05) is 19.0 Å². The van der Waals surface area contributed by atoms with E-state index in [1.807, 2.05) is 30.3 Å². The third-order valence-electron chi connectivity index (χ3n) is 3.63. The summed E-state index contributed by atoms with van der Waals surface area (Å²) in [5.74, 6) is 0.894. The summed E-state index contributed by atoms with van der Waals surface area (Å²) in [6.07, 6.45) is 4.96. The van der Waals surface area contributed by atoms with Crippen LogP contribution in [-0.2, 0) is 0 Å². The number of nitrogens with one attached hydrogen (secondary N) is 2. The van der Waals surface area contributed by atoms with Crippen LogP contribution in [-0.4, -0.2) is 37.3 Å². The maximum absolute atomic E-state index is 9.59. The Bertz CT molecular complexity index is 406. The van der Waals surface area contributed by atoms with Gasteiger partial charge >= 0.3 is 0 Å². The van der Waals surface area contributed by atoms with E-state index < -0.39 is 0 Å². The van der Waals surface area contributed by atoms with E-state index in [0.29, 0.717) is 6.54 Å². The van der Waals surface area contributed by atoms with Gasteiger partial charge in [-0.1, -0.05) is 56.5 Å². The molecule has 0 aliphatic rings. The van der Waals surface area contributed by atoms with Gasteiger partial charge in [-0.15, -0.1) is 0 Å². The molecule has 1 aromatic rings. The molecule has 0 aliphatic carbocycles. The molecule has 0 saturated carbocycles. The maximum Gasteiger partial charge on any atom is 0.191 e. The normalized spacial score (nSPS) is 13.0. The van der Waals surface area contributed by atoms with Gasteiger partial charge in [0.15, 0.2) is 5.96 Å². The first kappa shape index (κ1) is 18.5. The molecule has 0 aliphatic heterocycles. The molecule has 1 atom stereocenters. The molecule has 4 heteroatoms. The molecule has 0 aromatic heterocycles. The summed E-state index contributed by atoms with van der Waals surface area (Å²) < 4.78 is 0. The van der Waals surface area contributed by atoms with Crippen LogP contribution in [0.15, 0.2) is 35.3 Å². The molecule has 1 unspecified atom stereocenters. The summed E-state index contributed by atoms with van der Waals surface area (Å²) in [4.78, 5) is 4.61. The van der Waals surface area contributed by atoms with Gasteiger partial charge in [0.1, 0.15) is 0 Å². The number of hydrogen-bond donors (Lipinski definition) is 3. The van der Waals surface area contributed by atoms with Crippen molar-refractivity contribution < 1.29 is 5.11 Å². The second-order valence-electron chi connectivity index (χ2n) is 5.50. The predicted octanol–water partition coefficient (Wildman–Crippen LogP) is 2.90. The zero-order valence-electron chi connectivity index (χ0n) is 14.0. The zero-order chi connectivity index (χ0) is 16.0. The monoisotopic (exact) mass is 305 g/mol. The zero-order valence-corrected chi connectivity index (χ0v) is 14.0. The van der Waals surface area contributed by atoms with Crippen molar-refractivity contribution in [3.8, 4) is 0 Å². The fraction of sp³-hybridized carbons (Fsp3) is 0.611. The van der Waals surface area contributed by atoms with Crippen molar-refractivity contribution in [3.05, 3.63) is 35.9 Å². The minimum atomic E-state index is 0.0525. The van der Waals surface area contributed by atoms with Crippen molar-refractivity contribution in [1.29, 1.82) is 0 Å². The van der Waals surface area contributed by atoms with Crippen LogP contribution in [0.1, 0.15) is 51.0 Å². The van der Waals surface area contributed by atoms with E-state index in [-0.39, 0.29) is 12.5 Å². The summed E-state index contributed by atoms with van der Waals surface area (Å²) in [6, 6.07) is 10.1. The average Bonchev–Trinajstić information content (AvgIpc) is 2.56. The Morgan fingerprint density at radius 3 is 2.50 bits per heavy atom. The molecule has 0 bridgehead atoms. The molecule has 22 heavy (non-hydrogen) atoms. The van der Waals surface area contributed by atoms with Crippen LogP contribution in [0.5, 0.6) is 0 Å². The summed E-state index contributed by atoms with van der Waals surface area (Å²) in [7, 11) is 0.